The zero-order valence-corrected chi connectivity index (χ0v) is 14.3. The van der Waals surface area contributed by atoms with Gasteiger partial charge in [0.05, 0.1) is 4.88 Å². The van der Waals surface area contributed by atoms with E-state index in [0.29, 0.717) is 23.0 Å². The third-order valence-electron chi connectivity index (χ3n) is 3.88. The van der Waals surface area contributed by atoms with E-state index in [-0.39, 0.29) is 11.8 Å². The standard InChI is InChI=1S/C17H17ClN2O2S/c1-11(21)20-6-5-15-13(10-20)8-16(23-15)17(22)19-9-12-3-2-4-14(18)7-12/h2-4,7-8H,5-6,9-10H2,1H3,(H,19,22). The Kier molecular flexibility index (Phi) is 4.68. The van der Waals surface area contributed by atoms with Crippen molar-refractivity contribution in [2.45, 2.75) is 26.4 Å². The molecule has 0 bridgehead atoms. The molecule has 0 spiro atoms. The second kappa shape index (κ2) is 6.72. The molecule has 1 aromatic carbocycles. The highest BCUT2D eigenvalue weighted by atomic mass is 35.5. The van der Waals surface area contributed by atoms with Gasteiger partial charge < -0.3 is 10.2 Å². The summed E-state index contributed by atoms with van der Waals surface area (Å²) in [5, 5.41) is 3.58. The van der Waals surface area contributed by atoms with Gasteiger partial charge in [-0.15, -0.1) is 11.3 Å². The van der Waals surface area contributed by atoms with Crippen molar-refractivity contribution in [1.82, 2.24) is 10.2 Å². The topological polar surface area (TPSA) is 49.4 Å². The van der Waals surface area contributed by atoms with E-state index >= 15 is 0 Å². The number of hydrogen-bond acceptors (Lipinski definition) is 3. The van der Waals surface area contributed by atoms with Gasteiger partial charge >= 0.3 is 0 Å². The monoisotopic (exact) mass is 348 g/mol. The van der Waals surface area contributed by atoms with E-state index in [0.717, 1.165) is 24.1 Å². The number of fused-ring (bicyclic) bond motifs is 1. The van der Waals surface area contributed by atoms with Gasteiger partial charge in [-0.1, -0.05) is 23.7 Å². The predicted molar refractivity (Wildman–Crippen MR) is 91.7 cm³/mol. The van der Waals surface area contributed by atoms with E-state index in [1.54, 1.807) is 13.0 Å². The number of carbonyl (C=O) groups is 2. The molecule has 120 valence electrons. The lowest BCUT2D eigenvalue weighted by atomic mass is 10.1. The summed E-state index contributed by atoms with van der Waals surface area (Å²) in [6.45, 7) is 3.35. The lowest BCUT2D eigenvalue weighted by molar-refractivity contribution is -0.129. The number of nitrogens with one attached hydrogen (secondary N) is 1. The van der Waals surface area contributed by atoms with Crippen LogP contribution < -0.4 is 5.32 Å². The maximum absolute atomic E-state index is 12.3. The molecule has 0 atom stereocenters. The van der Waals surface area contributed by atoms with Crippen LogP contribution in [0.5, 0.6) is 0 Å². The van der Waals surface area contributed by atoms with Crippen LogP contribution in [0.15, 0.2) is 30.3 Å². The van der Waals surface area contributed by atoms with Crippen molar-refractivity contribution in [1.29, 1.82) is 0 Å². The summed E-state index contributed by atoms with van der Waals surface area (Å²) in [6, 6.07) is 9.34. The van der Waals surface area contributed by atoms with E-state index in [4.69, 9.17) is 11.6 Å². The first-order chi connectivity index (χ1) is 11.0. The zero-order valence-electron chi connectivity index (χ0n) is 12.8. The summed E-state index contributed by atoms with van der Waals surface area (Å²) in [4.78, 5) is 27.5. The molecule has 0 saturated carbocycles. The van der Waals surface area contributed by atoms with Crippen LogP contribution in [0, 0.1) is 0 Å². The SMILES string of the molecule is CC(=O)N1CCc2sc(C(=O)NCc3cccc(Cl)c3)cc2C1. The quantitative estimate of drug-likeness (QED) is 0.925. The maximum Gasteiger partial charge on any atom is 0.261 e. The van der Waals surface area contributed by atoms with Gasteiger partial charge in [-0.25, -0.2) is 0 Å². The average molecular weight is 349 g/mol. The van der Waals surface area contributed by atoms with Crippen LogP contribution in [-0.2, 0) is 24.3 Å². The lowest BCUT2D eigenvalue weighted by Crippen LogP contribution is -2.33. The van der Waals surface area contributed by atoms with Crippen molar-refractivity contribution < 1.29 is 9.59 Å². The summed E-state index contributed by atoms with van der Waals surface area (Å²) >= 11 is 7.46. The molecule has 1 aromatic heterocycles. The number of benzene rings is 1. The van der Waals surface area contributed by atoms with Crippen molar-refractivity contribution in [2.24, 2.45) is 0 Å². The van der Waals surface area contributed by atoms with E-state index in [1.807, 2.05) is 29.2 Å². The van der Waals surface area contributed by atoms with Gasteiger partial charge in [-0.2, -0.15) is 0 Å². The molecular formula is C17H17ClN2O2S. The fourth-order valence-corrected chi connectivity index (χ4v) is 3.92. The fraction of sp³-hybridized carbons (Fsp3) is 0.294. The van der Waals surface area contributed by atoms with Gasteiger partial charge in [-0.3, -0.25) is 9.59 Å². The summed E-state index contributed by atoms with van der Waals surface area (Å²) in [5.74, 6) is -0.00689. The Hall–Kier alpha value is -1.85. The van der Waals surface area contributed by atoms with Gasteiger partial charge in [0, 0.05) is 36.5 Å². The first-order valence-electron chi connectivity index (χ1n) is 7.42. The summed E-state index contributed by atoms with van der Waals surface area (Å²) in [6.07, 6.45) is 0.821. The summed E-state index contributed by atoms with van der Waals surface area (Å²) in [5.41, 5.74) is 2.05. The fourth-order valence-electron chi connectivity index (χ4n) is 2.63. The Bertz CT molecular complexity index is 757. The van der Waals surface area contributed by atoms with E-state index in [2.05, 4.69) is 5.32 Å². The molecule has 0 aliphatic carbocycles. The van der Waals surface area contributed by atoms with Crippen LogP contribution in [0.1, 0.15) is 32.6 Å². The highest BCUT2D eigenvalue weighted by Gasteiger charge is 2.22. The van der Waals surface area contributed by atoms with Crippen molar-refractivity contribution >= 4 is 34.8 Å². The van der Waals surface area contributed by atoms with Gasteiger partial charge in [0.15, 0.2) is 0 Å². The van der Waals surface area contributed by atoms with E-state index in [9.17, 15) is 9.59 Å². The van der Waals surface area contributed by atoms with E-state index in [1.165, 1.54) is 16.2 Å². The summed E-state index contributed by atoms with van der Waals surface area (Å²) in [7, 11) is 0. The molecule has 4 nitrogen and oxygen atoms in total. The molecule has 2 heterocycles. The second-order valence-corrected chi connectivity index (χ2v) is 7.14. The van der Waals surface area contributed by atoms with Gasteiger partial charge in [0.2, 0.25) is 5.91 Å². The number of hydrogen-bond donors (Lipinski definition) is 1. The van der Waals surface area contributed by atoms with Crippen LogP contribution in [0.4, 0.5) is 0 Å². The molecule has 0 saturated heterocycles. The van der Waals surface area contributed by atoms with Crippen LogP contribution in [0.25, 0.3) is 0 Å². The maximum atomic E-state index is 12.3. The molecule has 2 amide bonds. The summed E-state index contributed by atoms with van der Waals surface area (Å²) < 4.78 is 0. The number of amides is 2. The van der Waals surface area contributed by atoms with Crippen LogP contribution in [0.2, 0.25) is 5.02 Å². The normalized spacial score (nSPS) is 13.6. The molecule has 1 aliphatic rings. The smallest absolute Gasteiger partial charge is 0.261 e. The second-order valence-electron chi connectivity index (χ2n) is 5.56. The minimum atomic E-state index is -0.0845. The Labute approximate surface area is 144 Å². The Morgan fingerprint density at radius 2 is 2.17 bits per heavy atom. The average Bonchev–Trinajstić information content (AvgIpc) is 2.95. The molecule has 3 rings (SSSR count). The lowest BCUT2D eigenvalue weighted by Gasteiger charge is -2.25. The van der Waals surface area contributed by atoms with Crippen molar-refractivity contribution in [3.63, 3.8) is 0 Å². The van der Waals surface area contributed by atoms with Crippen LogP contribution in [0.3, 0.4) is 0 Å². The van der Waals surface area contributed by atoms with Gasteiger partial charge in [0.25, 0.3) is 5.91 Å². The zero-order chi connectivity index (χ0) is 16.4. The van der Waals surface area contributed by atoms with Gasteiger partial charge in [-0.05, 0) is 35.7 Å². The molecular weight excluding hydrogens is 332 g/mol. The van der Waals surface area contributed by atoms with E-state index < -0.39 is 0 Å². The van der Waals surface area contributed by atoms with Crippen molar-refractivity contribution in [3.05, 3.63) is 56.2 Å². The number of nitrogens with zero attached hydrogens (tertiary/aromatic N) is 1. The molecule has 1 aliphatic heterocycles. The number of halogens is 1. The highest BCUT2D eigenvalue weighted by Crippen LogP contribution is 2.28. The first-order valence-corrected chi connectivity index (χ1v) is 8.62. The minimum Gasteiger partial charge on any atom is -0.347 e. The molecule has 0 unspecified atom stereocenters. The van der Waals surface area contributed by atoms with Crippen LogP contribution >= 0.6 is 22.9 Å². The molecule has 1 N–H and O–H groups in total. The number of carbonyl (C=O) groups excluding carboxylic acids is 2. The molecule has 0 fully saturated rings. The molecule has 2 aromatic rings. The Balaban J connectivity index is 1.66. The molecule has 23 heavy (non-hydrogen) atoms. The Morgan fingerprint density at radius 1 is 1.35 bits per heavy atom. The molecule has 0 radical (unpaired) electrons. The van der Waals surface area contributed by atoms with Crippen LogP contribution in [-0.4, -0.2) is 23.3 Å². The molecule has 6 heteroatoms. The highest BCUT2D eigenvalue weighted by molar-refractivity contribution is 7.14. The Morgan fingerprint density at radius 3 is 2.91 bits per heavy atom. The third kappa shape index (κ3) is 3.74. The largest absolute Gasteiger partial charge is 0.347 e. The first kappa shape index (κ1) is 16.0. The van der Waals surface area contributed by atoms with Crippen molar-refractivity contribution in [2.75, 3.05) is 6.54 Å². The van der Waals surface area contributed by atoms with Crippen molar-refractivity contribution in [3.8, 4) is 0 Å². The number of thiophene rings is 1. The third-order valence-corrected chi connectivity index (χ3v) is 5.35. The minimum absolute atomic E-state index is 0.0776. The number of rotatable bonds is 3. The predicted octanol–water partition coefficient (Wildman–Crippen LogP) is 3.24. The van der Waals surface area contributed by atoms with Gasteiger partial charge in [0.1, 0.15) is 0 Å².